The summed E-state index contributed by atoms with van der Waals surface area (Å²) in [5, 5.41) is 17.7. The Balaban J connectivity index is 0.00000544. The van der Waals surface area contributed by atoms with Gasteiger partial charge in [0.2, 0.25) is 0 Å². The molecule has 2 aromatic carbocycles. The minimum absolute atomic E-state index is 0. The fraction of sp³-hybridized carbons (Fsp3) is 0.500. The maximum absolute atomic E-state index is 10.7. The van der Waals surface area contributed by atoms with Gasteiger partial charge in [0.1, 0.15) is 0 Å². The lowest BCUT2D eigenvalue weighted by molar-refractivity contribution is -0.138. The first-order chi connectivity index (χ1) is 15.6. The molecular formula is C28H39ClO4. The number of unbranched alkanes of at least 4 members (excludes halogenated alkanes) is 6. The van der Waals surface area contributed by atoms with Crippen LogP contribution in [-0.4, -0.2) is 22.2 Å². The third-order valence-electron chi connectivity index (χ3n) is 6.25. The van der Waals surface area contributed by atoms with Crippen molar-refractivity contribution in [2.24, 2.45) is 0 Å². The monoisotopic (exact) mass is 474 g/mol. The molecule has 2 rings (SSSR count). The lowest BCUT2D eigenvalue weighted by Crippen LogP contribution is -2.12. The first-order valence-corrected chi connectivity index (χ1v) is 12.1. The first kappa shape index (κ1) is 28.7. The Morgan fingerprint density at radius 1 is 0.545 bits per heavy atom. The molecule has 2 aromatic rings. The lowest BCUT2D eigenvalue weighted by atomic mass is 9.76. The van der Waals surface area contributed by atoms with E-state index >= 15 is 0 Å². The molecule has 0 aliphatic carbocycles. The van der Waals surface area contributed by atoms with Gasteiger partial charge in [0.15, 0.2) is 0 Å². The zero-order valence-electron chi connectivity index (χ0n) is 19.5. The summed E-state index contributed by atoms with van der Waals surface area (Å²) in [5.41, 5.74) is 2.75. The molecule has 0 spiro atoms. The van der Waals surface area contributed by atoms with Crippen molar-refractivity contribution in [2.45, 2.75) is 88.9 Å². The molecule has 2 atom stereocenters. The largest absolute Gasteiger partial charge is 0.481 e. The van der Waals surface area contributed by atoms with Crippen LogP contribution in [0.15, 0.2) is 60.7 Å². The molecule has 4 nitrogen and oxygen atoms in total. The second-order valence-electron chi connectivity index (χ2n) is 8.73. The van der Waals surface area contributed by atoms with E-state index in [1.54, 1.807) is 0 Å². The van der Waals surface area contributed by atoms with Gasteiger partial charge in [-0.15, -0.1) is 12.4 Å². The van der Waals surface area contributed by atoms with E-state index in [-0.39, 0.29) is 25.2 Å². The summed E-state index contributed by atoms with van der Waals surface area (Å²) in [6.07, 6.45) is 10.5. The van der Waals surface area contributed by atoms with Crippen molar-refractivity contribution in [1.29, 1.82) is 0 Å². The zero-order chi connectivity index (χ0) is 23.0. The van der Waals surface area contributed by atoms with Gasteiger partial charge in [0, 0.05) is 12.8 Å². The highest BCUT2D eigenvalue weighted by atomic mass is 35.5. The fourth-order valence-corrected chi connectivity index (χ4v) is 4.59. The predicted molar refractivity (Wildman–Crippen MR) is 136 cm³/mol. The SMILES string of the molecule is Cl.O=C(O)CCCCCCC(c1ccccc1)C(CCCCCCC(=O)O)c1ccccc1. The van der Waals surface area contributed by atoms with Crippen LogP contribution in [0.25, 0.3) is 0 Å². The van der Waals surface area contributed by atoms with E-state index < -0.39 is 11.9 Å². The number of benzene rings is 2. The van der Waals surface area contributed by atoms with Crippen molar-refractivity contribution in [2.75, 3.05) is 0 Å². The molecule has 182 valence electrons. The summed E-state index contributed by atoms with van der Waals surface area (Å²) in [6, 6.07) is 21.5. The summed E-state index contributed by atoms with van der Waals surface area (Å²) in [7, 11) is 0. The standard InChI is InChI=1S/C28H38O4.ClH/c29-27(30)21-13-3-1-11-19-25(23-15-7-5-8-16-23)26(24-17-9-6-10-18-24)20-12-2-4-14-22-28(31)32;/h5-10,15-18,25-26H,1-4,11-14,19-22H2,(H,29,30)(H,31,32);1H. The van der Waals surface area contributed by atoms with E-state index in [0.717, 1.165) is 64.2 Å². The number of halogens is 1. The topological polar surface area (TPSA) is 74.6 Å². The first-order valence-electron chi connectivity index (χ1n) is 12.1. The normalized spacial score (nSPS) is 12.5. The third kappa shape index (κ3) is 11.9. The highest BCUT2D eigenvalue weighted by Gasteiger charge is 2.24. The number of hydrogen-bond acceptors (Lipinski definition) is 2. The summed E-state index contributed by atoms with van der Waals surface area (Å²) >= 11 is 0. The van der Waals surface area contributed by atoms with Gasteiger partial charge in [-0.3, -0.25) is 9.59 Å². The predicted octanol–water partition coefficient (Wildman–Crippen LogP) is 7.83. The second kappa shape index (κ2) is 17.2. The van der Waals surface area contributed by atoms with Crippen molar-refractivity contribution in [1.82, 2.24) is 0 Å². The smallest absolute Gasteiger partial charge is 0.303 e. The van der Waals surface area contributed by atoms with E-state index in [0.29, 0.717) is 11.8 Å². The van der Waals surface area contributed by atoms with Crippen molar-refractivity contribution < 1.29 is 19.8 Å². The molecule has 0 radical (unpaired) electrons. The zero-order valence-corrected chi connectivity index (χ0v) is 20.3. The van der Waals surface area contributed by atoms with E-state index in [1.165, 1.54) is 11.1 Å². The maximum Gasteiger partial charge on any atom is 0.303 e. The second-order valence-corrected chi connectivity index (χ2v) is 8.73. The van der Waals surface area contributed by atoms with Gasteiger partial charge in [0.25, 0.3) is 0 Å². The highest BCUT2D eigenvalue weighted by Crippen LogP contribution is 2.40. The Morgan fingerprint density at radius 3 is 1.21 bits per heavy atom. The van der Waals surface area contributed by atoms with Crippen LogP contribution >= 0.6 is 12.4 Å². The molecule has 0 fully saturated rings. The van der Waals surface area contributed by atoms with E-state index in [1.807, 2.05) is 0 Å². The van der Waals surface area contributed by atoms with Gasteiger partial charge < -0.3 is 10.2 Å². The average Bonchev–Trinajstić information content (AvgIpc) is 2.79. The number of hydrogen-bond donors (Lipinski definition) is 2. The van der Waals surface area contributed by atoms with Crippen LogP contribution in [0.2, 0.25) is 0 Å². The van der Waals surface area contributed by atoms with Gasteiger partial charge in [0.05, 0.1) is 0 Å². The van der Waals surface area contributed by atoms with Gasteiger partial charge in [-0.05, 0) is 48.6 Å². The number of rotatable bonds is 17. The molecule has 0 saturated heterocycles. The maximum atomic E-state index is 10.7. The molecule has 33 heavy (non-hydrogen) atoms. The van der Waals surface area contributed by atoms with Crippen molar-refractivity contribution in [3.05, 3.63) is 71.8 Å². The molecule has 0 saturated carbocycles. The van der Waals surface area contributed by atoms with Crippen LogP contribution < -0.4 is 0 Å². The highest BCUT2D eigenvalue weighted by molar-refractivity contribution is 5.85. The molecule has 0 amide bonds. The number of carboxylic acids is 2. The van der Waals surface area contributed by atoms with Crippen LogP contribution in [0, 0.1) is 0 Å². The molecule has 0 aliphatic rings. The number of carbonyl (C=O) groups is 2. The number of aliphatic carboxylic acids is 2. The average molecular weight is 475 g/mol. The third-order valence-corrected chi connectivity index (χ3v) is 6.25. The van der Waals surface area contributed by atoms with Gasteiger partial charge >= 0.3 is 11.9 Å². The molecule has 0 aromatic heterocycles. The number of carboxylic acid groups (broad SMARTS) is 2. The summed E-state index contributed by atoms with van der Waals surface area (Å²) in [5.74, 6) is -0.562. The van der Waals surface area contributed by atoms with Crippen molar-refractivity contribution in [3.8, 4) is 0 Å². The van der Waals surface area contributed by atoms with E-state index in [4.69, 9.17) is 10.2 Å². The quantitative estimate of drug-likeness (QED) is 0.229. The Morgan fingerprint density at radius 2 is 0.879 bits per heavy atom. The van der Waals surface area contributed by atoms with E-state index in [9.17, 15) is 9.59 Å². The van der Waals surface area contributed by atoms with Crippen LogP contribution in [0.1, 0.15) is 100 Å². The van der Waals surface area contributed by atoms with Crippen molar-refractivity contribution in [3.63, 3.8) is 0 Å². The molecule has 2 N–H and O–H groups in total. The molecular weight excluding hydrogens is 436 g/mol. The summed E-state index contributed by atoms with van der Waals surface area (Å²) in [6.45, 7) is 0. The lowest BCUT2D eigenvalue weighted by Gasteiger charge is -2.29. The van der Waals surface area contributed by atoms with Gasteiger partial charge in [-0.25, -0.2) is 0 Å². The minimum Gasteiger partial charge on any atom is -0.481 e. The van der Waals surface area contributed by atoms with Crippen LogP contribution in [0.3, 0.4) is 0 Å². The summed E-state index contributed by atoms with van der Waals surface area (Å²) < 4.78 is 0. The molecule has 2 unspecified atom stereocenters. The molecule has 0 bridgehead atoms. The van der Waals surface area contributed by atoms with Crippen LogP contribution in [0.5, 0.6) is 0 Å². The molecule has 0 aliphatic heterocycles. The van der Waals surface area contributed by atoms with Gasteiger partial charge in [-0.2, -0.15) is 0 Å². The van der Waals surface area contributed by atoms with Crippen molar-refractivity contribution >= 4 is 24.3 Å². The summed E-state index contributed by atoms with van der Waals surface area (Å²) in [4.78, 5) is 21.5. The Bertz CT molecular complexity index is 711. The molecule has 5 heteroatoms. The Labute approximate surface area is 204 Å². The van der Waals surface area contributed by atoms with Crippen LogP contribution in [-0.2, 0) is 9.59 Å². The van der Waals surface area contributed by atoms with Crippen LogP contribution in [0.4, 0.5) is 0 Å². The van der Waals surface area contributed by atoms with Gasteiger partial charge in [-0.1, -0.05) is 99.2 Å². The minimum atomic E-state index is -0.709. The Kier molecular flexibility index (Phi) is 14.9. The molecule has 0 heterocycles. The van der Waals surface area contributed by atoms with E-state index in [2.05, 4.69) is 60.7 Å². The fourth-order valence-electron chi connectivity index (χ4n) is 4.59. The Hall–Kier alpha value is -2.33.